The highest BCUT2D eigenvalue weighted by atomic mass is 32.1. The van der Waals surface area contributed by atoms with Crippen molar-refractivity contribution in [1.82, 2.24) is 9.66 Å². The van der Waals surface area contributed by atoms with Crippen LogP contribution in [0.3, 0.4) is 0 Å². The lowest BCUT2D eigenvalue weighted by atomic mass is 10.3. The maximum absolute atomic E-state index is 12.5. The summed E-state index contributed by atoms with van der Waals surface area (Å²) in [6.45, 7) is 0.771. The van der Waals surface area contributed by atoms with Crippen molar-refractivity contribution in [1.29, 1.82) is 0 Å². The number of aromatic amines is 1. The number of imidazole rings is 1. The zero-order valence-corrected chi connectivity index (χ0v) is 6.58. The first-order valence-electron chi connectivity index (χ1n) is 2.86. The van der Waals surface area contributed by atoms with Crippen LogP contribution in [0.25, 0.3) is 0 Å². The van der Waals surface area contributed by atoms with Crippen molar-refractivity contribution in [3.63, 3.8) is 0 Å². The number of hydrogen-bond donors (Lipinski definition) is 2. The molecule has 0 aliphatic heterocycles. The summed E-state index contributed by atoms with van der Waals surface area (Å²) in [5.41, 5.74) is -0.273. The average Bonchev–Trinajstić information content (AvgIpc) is 2.11. The molecule has 0 spiro atoms. The second-order valence-electron chi connectivity index (χ2n) is 2.27. The fraction of sp³-hybridized carbons (Fsp3) is 0.400. The molecular weight excluding hydrogens is 172 g/mol. The smallest absolute Gasteiger partial charge is 0.286 e. The summed E-state index contributed by atoms with van der Waals surface area (Å²) in [5, 5.41) is 0. The fourth-order valence-corrected chi connectivity index (χ4v) is 0.795. The Labute approximate surface area is 66.8 Å². The third-order valence-corrected chi connectivity index (χ3v) is 1.53. The van der Waals surface area contributed by atoms with Crippen LogP contribution in [0.5, 0.6) is 0 Å². The van der Waals surface area contributed by atoms with E-state index in [9.17, 15) is 8.78 Å². The first kappa shape index (κ1) is 8.19. The van der Waals surface area contributed by atoms with Gasteiger partial charge in [0.05, 0.1) is 6.20 Å². The molecule has 0 fully saturated rings. The van der Waals surface area contributed by atoms with Gasteiger partial charge in [0.25, 0.3) is 5.92 Å². The molecule has 1 aromatic rings. The van der Waals surface area contributed by atoms with E-state index in [0.717, 1.165) is 17.8 Å². The van der Waals surface area contributed by atoms with Gasteiger partial charge in [-0.15, -0.1) is 0 Å². The number of halogens is 2. The van der Waals surface area contributed by atoms with Gasteiger partial charge in [-0.25, -0.2) is 4.68 Å². The summed E-state index contributed by atoms with van der Waals surface area (Å²) in [6.07, 6.45) is 1.07. The minimum Gasteiger partial charge on any atom is -0.337 e. The predicted molar refractivity (Wildman–Crippen MR) is 39.3 cm³/mol. The van der Waals surface area contributed by atoms with Gasteiger partial charge >= 0.3 is 0 Å². The third kappa shape index (κ3) is 1.56. The van der Waals surface area contributed by atoms with Gasteiger partial charge < -0.3 is 10.8 Å². The molecule has 0 aromatic carbocycles. The van der Waals surface area contributed by atoms with Crippen LogP contribution in [0.1, 0.15) is 12.6 Å². The van der Waals surface area contributed by atoms with Gasteiger partial charge in [0.15, 0.2) is 4.77 Å². The molecule has 1 aromatic heterocycles. The number of rotatable bonds is 1. The van der Waals surface area contributed by atoms with Crippen molar-refractivity contribution in [2.24, 2.45) is 0 Å². The summed E-state index contributed by atoms with van der Waals surface area (Å²) in [6, 6.07) is 0. The summed E-state index contributed by atoms with van der Waals surface area (Å²) in [4.78, 5) is 2.29. The van der Waals surface area contributed by atoms with E-state index in [2.05, 4.69) is 17.2 Å². The van der Waals surface area contributed by atoms with E-state index in [0.29, 0.717) is 0 Å². The SMILES string of the molecule is CC(F)(F)c1cn(N)c(=S)[nH]1. The molecule has 6 heteroatoms. The second-order valence-corrected chi connectivity index (χ2v) is 2.66. The van der Waals surface area contributed by atoms with Gasteiger partial charge in [0.2, 0.25) is 0 Å². The number of nitrogen functional groups attached to an aromatic ring is 1. The molecule has 1 heterocycles. The molecule has 3 nitrogen and oxygen atoms in total. The lowest BCUT2D eigenvalue weighted by molar-refractivity contribution is 0.0131. The number of nitrogens with one attached hydrogen (secondary N) is 1. The van der Waals surface area contributed by atoms with Crippen LogP contribution < -0.4 is 5.84 Å². The van der Waals surface area contributed by atoms with Gasteiger partial charge in [0.1, 0.15) is 5.69 Å². The topological polar surface area (TPSA) is 46.7 Å². The van der Waals surface area contributed by atoms with Crippen LogP contribution in [0.15, 0.2) is 6.20 Å². The first-order valence-corrected chi connectivity index (χ1v) is 3.27. The fourth-order valence-electron chi connectivity index (χ4n) is 0.633. The van der Waals surface area contributed by atoms with Crippen LogP contribution in [-0.2, 0) is 5.92 Å². The minimum absolute atomic E-state index is 0.0847. The monoisotopic (exact) mass is 179 g/mol. The number of aromatic nitrogens is 2. The van der Waals surface area contributed by atoms with Crippen molar-refractivity contribution in [3.8, 4) is 0 Å². The number of H-pyrrole nitrogens is 1. The molecule has 0 amide bonds. The zero-order chi connectivity index (χ0) is 8.65. The molecule has 0 unspecified atom stereocenters. The molecule has 0 radical (unpaired) electrons. The van der Waals surface area contributed by atoms with Crippen molar-refractivity contribution in [2.45, 2.75) is 12.8 Å². The van der Waals surface area contributed by atoms with Crippen molar-refractivity contribution >= 4 is 12.2 Å². The lowest BCUT2D eigenvalue weighted by Gasteiger charge is -2.04. The normalized spacial score (nSPS) is 11.9. The molecular formula is C5H7F2N3S. The number of hydrogen-bond acceptors (Lipinski definition) is 2. The Morgan fingerprint density at radius 1 is 1.73 bits per heavy atom. The molecule has 0 bridgehead atoms. The maximum atomic E-state index is 12.5. The summed E-state index contributed by atoms with van der Waals surface area (Å²) < 4.78 is 26.0. The molecule has 1 rings (SSSR count). The third-order valence-electron chi connectivity index (χ3n) is 1.22. The molecule has 0 aliphatic rings. The maximum Gasteiger partial charge on any atom is 0.286 e. The average molecular weight is 179 g/mol. The van der Waals surface area contributed by atoms with E-state index in [4.69, 9.17) is 5.84 Å². The Balaban J connectivity index is 3.18. The Bertz CT molecular complexity index is 308. The largest absolute Gasteiger partial charge is 0.337 e. The van der Waals surface area contributed by atoms with Gasteiger partial charge in [-0.3, -0.25) is 0 Å². The minimum atomic E-state index is -2.92. The van der Waals surface area contributed by atoms with Crippen LogP contribution in [0, 0.1) is 4.77 Å². The van der Waals surface area contributed by atoms with Crippen LogP contribution in [0.4, 0.5) is 8.78 Å². The molecule has 3 N–H and O–H groups in total. The van der Waals surface area contributed by atoms with Crippen LogP contribution in [0.2, 0.25) is 0 Å². The van der Waals surface area contributed by atoms with E-state index in [1.54, 1.807) is 0 Å². The highest BCUT2D eigenvalue weighted by Crippen LogP contribution is 2.24. The highest BCUT2D eigenvalue weighted by Gasteiger charge is 2.26. The van der Waals surface area contributed by atoms with Crippen LogP contribution >= 0.6 is 12.2 Å². The van der Waals surface area contributed by atoms with Gasteiger partial charge in [0, 0.05) is 6.92 Å². The molecule has 0 aliphatic carbocycles. The second kappa shape index (κ2) is 2.30. The summed E-state index contributed by atoms with van der Waals surface area (Å²) in [5.74, 6) is 2.27. The molecule has 0 saturated heterocycles. The Morgan fingerprint density at radius 3 is 2.45 bits per heavy atom. The summed E-state index contributed by atoms with van der Waals surface area (Å²) in [7, 11) is 0. The number of nitrogens with two attached hydrogens (primary N) is 1. The van der Waals surface area contributed by atoms with Gasteiger partial charge in [-0.05, 0) is 12.2 Å². The Morgan fingerprint density at radius 2 is 2.27 bits per heavy atom. The standard InChI is InChI=1S/C5H7F2N3S/c1-5(6,7)3-2-10(8)4(11)9-3/h2H,8H2,1H3,(H,9,11). The Kier molecular flexibility index (Phi) is 1.71. The lowest BCUT2D eigenvalue weighted by Crippen LogP contribution is -2.08. The van der Waals surface area contributed by atoms with Gasteiger partial charge in [-0.1, -0.05) is 0 Å². The summed E-state index contributed by atoms with van der Waals surface area (Å²) >= 11 is 4.59. The van der Waals surface area contributed by atoms with Crippen molar-refractivity contribution in [2.75, 3.05) is 5.84 Å². The molecule has 0 atom stereocenters. The van der Waals surface area contributed by atoms with Crippen LogP contribution in [-0.4, -0.2) is 9.66 Å². The molecule has 62 valence electrons. The van der Waals surface area contributed by atoms with E-state index in [1.807, 2.05) is 0 Å². The van der Waals surface area contributed by atoms with E-state index in [1.165, 1.54) is 0 Å². The first-order chi connectivity index (χ1) is 4.91. The van der Waals surface area contributed by atoms with Crippen molar-refractivity contribution < 1.29 is 8.78 Å². The Hall–Kier alpha value is -0.910. The van der Waals surface area contributed by atoms with Crippen molar-refractivity contribution in [3.05, 3.63) is 16.7 Å². The number of nitrogens with zero attached hydrogens (tertiary/aromatic N) is 1. The number of alkyl halides is 2. The highest BCUT2D eigenvalue weighted by molar-refractivity contribution is 7.71. The van der Waals surface area contributed by atoms with E-state index < -0.39 is 5.92 Å². The molecule has 11 heavy (non-hydrogen) atoms. The quantitative estimate of drug-likeness (QED) is 0.505. The van der Waals surface area contributed by atoms with E-state index >= 15 is 0 Å². The van der Waals surface area contributed by atoms with E-state index in [-0.39, 0.29) is 10.5 Å². The van der Waals surface area contributed by atoms with Gasteiger partial charge in [-0.2, -0.15) is 8.78 Å². The zero-order valence-electron chi connectivity index (χ0n) is 5.77. The molecule has 0 saturated carbocycles. The predicted octanol–water partition coefficient (Wildman–Crippen LogP) is 1.37.